The fourth-order valence-electron chi connectivity index (χ4n) is 3.78. The molecular weight excluding hydrogens is 448 g/mol. The van der Waals surface area contributed by atoms with Gasteiger partial charge in [-0.2, -0.15) is 5.10 Å². The van der Waals surface area contributed by atoms with Crippen molar-refractivity contribution in [1.82, 2.24) is 30.2 Å². The molecule has 0 aliphatic carbocycles. The van der Waals surface area contributed by atoms with Gasteiger partial charge in [-0.05, 0) is 37.1 Å². The van der Waals surface area contributed by atoms with Crippen LogP contribution in [-0.4, -0.2) is 31.4 Å². The summed E-state index contributed by atoms with van der Waals surface area (Å²) in [6, 6.07) is 15.8. The number of fused-ring (bicyclic) bond motifs is 2. The van der Waals surface area contributed by atoms with Crippen molar-refractivity contribution in [1.29, 1.82) is 0 Å². The van der Waals surface area contributed by atoms with Gasteiger partial charge in [0.05, 0.1) is 17.8 Å². The van der Waals surface area contributed by atoms with Crippen molar-refractivity contribution in [3.63, 3.8) is 0 Å². The molecule has 3 aromatic heterocycles. The minimum absolute atomic E-state index is 0.0870. The van der Waals surface area contributed by atoms with E-state index in [-0.39, 0.29) is 29.9 Å². The number of benzene rings is 2. The van der Waals surface area contributed by atoms with Crippen LogP contribution in [-0.2, 0) is 6.54 Å². The third-order valence-corrected chi connectivity index (χ3v) is 5.69. The van der Waals surface area contributed by atoms with E-state index >= 15 is 0 Å². The van der Waals surface area contributed by atoms with Gasteiger partial charge in [-0.15, -0.1) is 0 Å². The number of carbonyl (C=O) groups is 2. The largest absolute Gasteiger partial charge is 0.417 e. The highest BCUT2D eigenvalue weighted by Crippen LogP contribution is 2.16. The number of rotatable bonds is 6. The molecule has 0 fully saturated rings. The average Bonchev–Trinajstić information content (AvgIpc) is 3.47. The molecule has 0 saturated carbocycles. The van der Waals surface area contributed by atoms with Gasteiger partial charge in [-0.25, -0.2) is 14.3 Å². The number of aryl methyl sites for hydroxylation is 1. The van der Waals surface area contributed by atoms with Gasteiger partial charge in [0.25, 0.3) is 11.8 Å². The fraction of sp³-hybridized carbons (Fsp3) is 0.160. The molecule has 5 aromatic rings. The highest BCUT2D eigenvalue weighted by Gasteiger charge is 2.19. The summed E-state index contributed by atoms with van der Waals surface area (Å²) < 4.78 is 6.39. The number of oxazole rings is 1. The van der Waals surface area contributed by atoms with Crippen LogP contribution in [0.15, 0.2) is 70.0 Å². The number of nitrogens with zero attached hydrogens (tertiary/aromatic N) is 3. The Bertz CT molecular complexity index is 1610. The second kappa shape index (κ2) is 8.90. The molecule has 0 unspecified atom stereocenters. The molecule has 10 heteroatoms. The molecule has 3 N–H and O–H groups in total. The predicted octanol–water partition coefficient (Wildman–Crippen LogP) is 2.89. The number of amides is 2. The lowest BCUT2D eigenvalue weighted by Crippen LogP contribution is -2.30. The van der Waals surface area contributed by atoms with Crippen LogP contribution < -0.4 is 16.4 Å². The lowest BCUT2D eigenvalue weighted by atomic mass is 10.1. The minimum atomic E-state index is -0.540. The molecule has 5 rings (SSSR count). The van der Waals surface area contributed by atoms with Crippen LogP contribution in [0, 0.1) is 6.92 Å². The molecule has 0 radical (unpaired) electrons. The summed E-state index contributed by atoms with van der Waals surface area (Å²) in [4.78, 5) is 44.3. The monoisotopic (exact) mass is 470 g/mol. The maximum atomic E-state index is 13.1. The third kappa shape index (κ3) is 4.54. The summed E-state index contributed by atoms with van der Waals surface area (Å²) in [5, 5.41) is 9.94. The standard InChI is InChI=1S/C25H22N6O4/c1-14-3-6-17(7-4-14)15(2)28-24(33)20-12-19(29-22-9-10-27-31(20)22)23(32)26-13-16-5-8-21-18(11-16)30-25(34)35-21/h3-12,15H,13H2,1-2H3,(H,26,32)(H,28,33)(H,30,34)/t15-/m0/s1. The van der Waals surface area contributed by atoms with Crippen molar-refractivity contribution < 1.29 is 14.0 Å². The van der Waals surface area contributed by atoms with Crippen molar-refractivity contribution in [2.24, 2.45) is 0 Å². The van der Waals surface area contributed by atoms with Crippen molar-refractivity contribution in [2.45, 2.75) is 26.4 Å². The molecule has 2 amide bonds. The van der Waals surface area contributed by atoms with E-state index in [1.165, 1.54) is 16.8 Å². The zero-order valence-electron chi connectivity index (χ0n) is 19.0. The number of aromatic nitrogens is 4. The quantitative estimate of drug-likeness (QED) is 0.349. The van der Waals surface area contributed by atoms with E-state index in [1.54, 1.807) is 24.3 Å². The van der Waals surface area contributed by atoms with Crippen molar-refractivity contribution in [2.75, 3.05) is 0 Å². The molecule has 35 heavy (non-hydrogen) atoms. The number of hydrogen-bond acceptors (Lipinski definition) is 6. The first-order valence-electron chi connectivity index (χ1n) is 11.0. The summed E-state index contributed by atoms with van der Waals surface area (Å²) in [5.74, 6) is -1.37. The Hall–Kier alpha value is -4.73. The topological polar surface area (TPSA) is 134 Å². The normalized spacial score (nSPS) is 12.1. The SMILES string of the molecule is Cc1ccc([C@H](C)NC(=O)c2cc(C(=O)NCc3ccc4oc(=O)[nH]c4c3)nc3ccnn23)cc1. The summed E-state index contributed by atoms with van der Waals surface area (Å²) in [5.41, 5.74) is 4.50. The van der Waals surface area contributed by atoms with E-state index in [9.17, 15) is 14.4 Å². The number of H-pyrrole nitrogens is 1. The van der Waals surface area contributed by atoms with Crippen molar-refractivity contribution in [3.8, 4) is 0 Å². The highest BCUT2D eigenvalue weighted by atomic mass is 16.4. The summed E-state index contributed by atoms with van der Waals surface area (Å²) in [7, 11) is 0. The first-order chi connectivity index (χ1) is 16.9. The Balaban J connectivity index is 1.35. The number of carbonyl (C=O) groups excluding carboxylic acids is 2. The van der Waals surface area contributed by atoms with Gasteiger partial charge in [-0.1, -0.05) is 35.9 Å². The van der Waals surface area contributed by atoms with Gasteiger partial charge >= 0.3 is 5.76 Å². The van der Waals surface area contributed by atoms with Crippen LogP contribution in [0.4, 0.5) is 0 Å². The Morgan fingerprint density at radius 3 is 2.69 bits per heavy atom. The van der Waals surface area contributed by atoms with E-state index in [1.807, 2.05) is 38.1 Å². The number of hydrogen-bond donors (Lipinski definition) is 3. The van der Waals surface area contributed by atoms with Crippen LogP contribution in [0.2, 0.25) is 0 Å². The molecule has 0 aliphatic rings. The fourth-order valence-corrected chi connectivity index (χ4v) is 3.78. The molecular formula is C25H22N6O4. The molecule has 2 aromatic carbocycles. The van der Waals surface area contributed by atoms with Crippen LogP contribution in [0.1, 0.15) is 50.6 Å². The lowest BCUT2D eigenvalue weighted by molar-refractivity contribution is 0.0932. The molecule has 3 heterocycles. The number of nitrogens with one attached hydrogen (secondary N) is 3. The summed E-state index contributed by atoms with van der Waals surface area (Å²) >= 11 is 0. The van der Waals surface area contributed by atoms with Crippen LogP contribution in [0.25, 0.3) is 16.7 Å². The second-order valence-electron chi connectivity index (χ2n) is 8.26. The minimum Gasteiger partial charge on any atom is -0.408 e. The Morgan fingerprint density at radius 2 is 1.89 bits per heavy atom. The Morgan fingerprint density at radius 1 is 1.09 bits per heavy atom. The highest BCUT2D eigenvalue weighted by molar-refractivity contribution is 5.98. The third-order valence-electron chi connectivity index (χ3n) is 5.69. The molecule has 0 spiro atoms. The van der Waals surface area contributed by atoms with E-state index in [0.717, 1.165) is 16.7 Å². The molecule has 176 valence electrons. The van der Waals surface area contributed by atoms with E-state index < -0.39 is 11.7 Å². The smallest absolute Gasteiger partial charge is 0.408 e. The van der Waals surface area contributed by atoms with Gasteiger partial charge in [0.1, 0.15) is 11.4 Å². The summed E-state index contributed by atoms with van der Waals surface area (Å²) in [6.07, 6.45) is 1.52. The van der Waals surface area contributed by atoms with E-state index in [0.29, 0.717) is 16.7 Å². The summed E-state index contributed by atoms with van der Waals surface area (Å²) in [6.45, 7) is 4.09. The number of aromatic amines is 1. The average molecular weight is 470 g/mol. The van der Waals surface area contributed by atoms with Crippen LogP contribution in [0.3, 0.4) is 0 Å². The van der Waals surface area contributed by atoms with E-state index in [2.05, 4.69) is 25.7 Å². The van der Waals surface area contributed by atoms with Gasteiger partial charge in [0, 0.05) is 18.7 Å². The molecule has 0 saturated heterocycles. The van der Waals surface area contributed by atoms with Gasteiger partial charge in [0.2, 0.25) is 0 Å². The molecule has 10 nitrogen and oxygen atoms in total. The zero-order chi connectivity index (χ0) is 24.5. The molecule has 1 atom stereocenters. The first-order valence-corrected chi connectivity index (χ1v) is 11.0. The predicted molar refractivity (Wildman–Crippen MR) is 128 cm³/mol. The second-order valence-corrected chi connectivity index (χ2v) is 8.26. The van der Waals surface area contributed by atoms with Crippen molar-refractivity contribution in [3.05, 3.63) is 99.4 Å². The van der Waals surface area contributed by atoms with E-state index in [4.69, 9.17) is 4.42 Å². The lowest BCUT2D eigenvalue weighted by Gasteiger charge is -2.15. The van der Waals surface area contributed by atoms with Gasteiger partial charge in [0.15, 0.2) is 11.2 Å². The van der Waals surface area contributed by atoms with Crippen LogP contribution in [0.5, 0.6) is 0 Å². The van der Waals surface area contributed by atoms with Gasteiger partial charge in [-0.3, -0.25) is 14.6 Å². The zero-order valence-corrected chi connectivity index (χ0v) is 19.0. The molecule has 0 aliphatic heterocycles. The van der Waals surface area contributed by atoms with Crippen molar-refractivity contribution >= 4 is 28.6 Å². The van der Waals surface area contributed by atoms with Crippen LogP contribution >= 0.6 is 0 Å². The maximum absolute atomic E-state index is 13.1. The Labute approximate surface area is 199 Å². The maximum Gasteiger partial charge on any atom is 0.417 e. The Kier molecular flexibility index (Phi) is 5.61. The molecule has 0 bridgehead atoms. The van der Waals surface area contributed by atoms with Gasteiger partial charge < -0.3 is 15.1 Å². The first kappa shape index (κ1) is 22.1.